The Kier molecular flexibility index (Phi) is 4.94. The maximum absolute atomic E-state index is 12.7. The third-order valence-electron chi connectivity index (χ3n) is 4.26. The summed E-state index contributed by atoms with van der Waals surface area (Å²) in [4.78, 5) is 37.3. The van der Waals surface area contributed by atoms with Gasteiger partial charge in [0, 0.05) is 17.5 Å². The summed E-state index contributed by atoms with van der Waals surface area (Å²) in [6.45, 7) is 3.94. The number of para-hydroxylation sites is 1. The van der Waals surface area contributed by atoms with Crippen molar-refractivity contribution < 1.29 is 14.7 Å². The van der Waals surface area contributed by atoms with Gasteiger partial charge in [-0.2, -0.15) is 0 Å². The third kappa shape index (κ3) is 3.39. The van der Waals surface area contributed by atoms with Gasteiger partial charge in [0.05, 0.1) is 5.52 Å². The minimum absolute atomic E-state index is 0.329. The zero-order chi connectivity index (χ0) is 19.6. The van der Waals surface area contributed by atoms with E-state index < -0.39 is 28.7 Å². The summed E-state index contributed by atoms with van der Waals surface area (Å²) in [7, 11) is 0. The maximum atomic E-state index is 12.7. The van der Waals surface area contributed by atoms with Crippen LogP contribution in [0.1, 0.15) is 33.2 Å². The molecule has 0 radical (unpaired) electrons. The molecule has 0 aliphatic rings. The molecule has 27 heavy (non-hydrogen) atoms. The summed E-state index contributed by atoms with van der Waals surface area (Å²) in [5.41, 5.74) is 5.21. The van der Waals surface area contributed by atoms with Crippen molar-refractivity contribution in [2.24, 2.45) is 0 Å². The van der Waals surface area contributed by atoms with E-state index in [-0.39, 0.29) is 0 Å². The first-order valence-corrected chi connectivity index (χ1v) is 8.46. The van der Waals surface area contributed by atoms with Crippen molar-refractivity contribution >= 4 is 22.7 Å². The molecule has 0 aliphatic heterocycles. The Morgan fingerprint density at radius 2 is 1.74 bits per heavy atom. The Balaban J connectivity index is 1.92. The summed E-state index contributed by atoms with van der Waals surface area (Å²) in [5.74, 6) is -1.82. The lowest BCUT2D eigenvalue weighted by molar-refractivity contribution is 0.0844. The summed E-state index contributed by atoms with van der Waals surface area (Å²) in [6, 6.07) is 13.6. The Labute approximate surface area is 155 Å². The second kappa shape index (κ2) is 7.33. The Bertz CT molecular complexity index is 1100. The Morgan fingerprint density at radius 3 is 2.44 bits per heavy atom. The van der Waals surface area contributed by atoms with Crippen LogP contribution in [0.25, 0.3) is 10.9 Å². The van der Waals surface area contributed by atoms with Gasteiger partial charge in [-0.15, -0.1) is 0 Å². The lowest BCUT2D eigenvalue weighted by Gasteiger charge is -2.14. The Morgan fingerprint density at radius 1 is 1.04 bits per heavy atom. The van der Waals surface area contributed by atoms with E-state index in [1.165, 1.54) is 4.57 Å². The molecule has 0 bridgehead atoms. The van der Waals surface area contributed by atoms with Crippen LogP contribution in [0.2, 0.25) is 0 Å². The summed E-state index contributed by atoms with van der Waals surface area (Å²) in [5, 5.41) is 10.8. The monoisotopic (exact) mass is 365 g/mol. The molecule has 2 aromatic carbocycles. The number of hydrogen-bond donors (Lipinski definition) is 3. The van der Waals surface area contributed by atoms with E-state index in [2.05, 4.69) is 10.9 Å². The number of hydrogen-bond acceptors (Lipinski definition) is 4. The van der Waals surface area contributed by atoms with Crippen LogP contribution in [0.5, 0.6) is 5.75 Å². The molecule has 1 aromatic heterocycles. The van der Waals surface area contributed by atoms with Gasteiger partial charge >= 0.3 is 0 Å². The number of nitrogens with one attached hydrogen (secondary N) is 2. The van der Waals surface area contributed by atoms with Crippen molar-refractivity contribution in [2.75, 3.05) is 0 Å². The van der Waals surface area contributed by atoms with Gasteiger partial charge in [-0.3, -0.25) is 25.2 Å². The van der Waals surface area contributed by atoms with Gasteiger partial charge in [0.2, 0.25) is 0 Å². The minimum Gasteiger partial charge on any atom is -0.506 e. The van der Waals surface area contributed by atoms with Crippen molar-refractivity contribution in [3.8, 4) is 5.75 Å². The number of amides is 2. The maximum Gasteiger partial charge on any atom is 0.279 e. The van der Waals surface area contributed by atoms with E-state index in [4.69, 9.17) is 0 Å². The zero-order valence-electron chi connectivity index (χ0n) is 14.9. The number of nitrogens with zero attached hydrogens (tertiary/aromatic N) is 1. The van der Waals surface area contributed by atoms with Gasteiger partial charge < -0.3 is 9.67 Å². The van der Waals surface area contributed by atoms with Gasteiger partial charge in [0.1, 0.15) is 11.3 Å². The molecule has 0 unspecified atom stereocenters. The molecule has 0 saturated heterocycles. The van der Waals surface area contributed by atoms with E-state index in [1.54, 1.807) is 49.4 Å². The molecule has 3 N–H and O–H groups in total. The first-order valence-electron chi connectivity index (χ1n) is 8.46. The lowest BCUT2D eigenvalue weighted by atomic mass is 10.1. The van der Waals surface area contributed by atoms with Crippen molar-refractivity contribution in [3.63, 3.8) is 0 Å². The number of benzene rings is 2. The normalized spacial score (nSPS) is 10.6. The molecule has 1 heterocycles. The average Bonchev–Trinajstić information content (AvgIpc) is 2.66. The highest BCUT2D eigenvalue weighted by Gasteiger charge is 2.22. The van der Waals surface area contributed by atoms with Gasteiger partial charge in [0.25, 0.3) is 17.4 Å². The second-order valence-electron chi connectivity index (χ2n) is 6.07. The molecule has 7 heteroatoms. The van der Waals surface area contributed by atoms with Gasteiger partial charge in [0.15, 0.2) is 0 Å². The molecule has 7 nitrogen and oxygen atoms in total. The van der Waals surface area contributed by atoms with Crippen LogP contribution < -0.4 is 16.4 Å². The molecule has 3 aromatic rings. The van der Waals surface area contributed by atoms with E-state index in [1.807, 2.05) is 13.0 Å². The van der Waals surface area contributed by atoms with E-state index in [9.17, 15) is 19.5 Å². The smallest absolute Gasteiger partial charge is 0.279 e. The molecule has 2 amide bonds. The number of aromatic hydroxyl groups is 1. The molecule has 0 atom stereocenters. The number of rotatable bonds is 3. The van der Waals surface area contributed by atoms with Crippen LogP contribution in [-0.2, 0) is 6.54 Å². The van der Waals surface area contributed by atoms with Crippen LogP contribution in [-0.4, -0.2) is 21.5 Å². The number of hydrazine groups is 1. The van der Waals surface area contributed by atoms with Gasteiger partial charge in [-0.05, 0) is 38.1 Å². The molecule has 3 rings (SSSR count). The number of aromatic nitrogens is 1. The number of carbonyl (C=O) groups is 2. The molecule has 0 aliphatic carbocycles. The highest BCUT2D eigenvalue weighted by molar-refractivity contribution is 6.03. The fraction of sp³-hybridized carbons (Fsp3) is 0.150. The quantitative estimate of drug-likeness (QED) is 0.619. The van der Waals surface area contributed by atoms with Crippen LogP contribution in [0.3, 0.4) is 0 Å². The van der Waals surface area contributed by atoms with Gasteiger partial charge in [-0.1, -0.05) is 29.8 Å². The van der Waals surface area contributed by atoms with E-state index in [0.717, 1.165) is 5.56 Å². The molecule has 0 saturated carbocycles. The fourth-order valence-electron chi connectivity index (χ4n) is 2.94. The summed E-state index contributed by atoms with van der Waals surface area (Å²) >= 11 is 0. The standard InChI is InChI=1S/C20H19N3O4/c1-3-23-15-10-5-4-9-14(15)17(24)16(20(23)27)19(26)22-21-18(25)13-8-6-7-12(2)11-13/h4-11,24H,3H2,1-2H3,(H,21,25)(H,22,26). The largest absolute Gasteiger partial charge is 0.506 e. The molecule has 0 fully saturated rings. The van der Waals surface area contributed by atoms with E-state index in [0.29, 0.717) is 23.0 Å². The summed E-state index contributed by atoms with van der Waals surface area (Å²) < 4.78 is 1.40. The highest BCUT2D eigenvalue weighted by Crippen LogP contribution is 2.26. The van der Waals surface area contributed by atoms with Crippen LogP contribution in [0.4, 0.5) is 0 Å². The molecular formula is C20H19N3O4. The fourth-order valence-corrected chi connectivity index (χ4v) is 2.94. The lowest BCUT2D eigenvalue weighted by Crippen LogP contribution is -2.44. The third-order valence-corrected chi connectivity index (χ3v) is 4.26. The predicted octanol–water partition coefficient (Wildman–Crippen LogP) is 2.11. The second-order valence-corrected chi connectivity index (χ2v) is 6.07. The molecule has 0 spiro atoms. The number of fused-ring (bicyclic) bond motifs is 1. The first kappa shape index (κ1) is 18.2. The number of aryl methyl sites for hydroxylation is 2. The SMILES string of the molecule is CCn1c(=O)c(C(=O)NNC(=O)c2cccc(C)c2)c(O)c2ccccc21. The summed E-state index contributed by atoms with van der Waals surface area (Å²) in [6.07, 6.45) is 0. The molecular weight excluding hydrogens is 346 g/mol. The number of carbonyl (C=O) groups excluding carboxylic acids is 2. The number of pyridine rings is 1. The zero-order valence-corrected chi connectivity index (χ0v) is 14.9. The van der Waals surface area contributed by atoms with Crippen LogP contribution in [0, 0.1) is 6.92 Å². The molecule has 138 valence electrons. The van der Waals surface area contributed by atoms with Crippen molar-refractivity contribution in [1.82, 2.24) is 15.4 Å². The Hall–Kier alpha value is -3.61. The van der Waals surface area contributed by atoms with E-state index >= 15 is 0 Å². The van der Waals surface area contributed by atoms with Crippen molar-refractivity contribution in [1.29, 1.82) is 0 Å². The average molecular weight is 365 g/mol. The van der Waals surface area contributed by atoms with Crippen molar-refractivity contribution in [3.05, 3.63) is 75.6 Å². The predicted molar refractivity (Wildman–Crippen MR) is 102 cm³/mol. The topological polar surface area (TPSA) is 100 Å². The first-order chi connectivity index (χ1) is 12.9. The van der Waals surface area contributed by atoms with Crippen LogP contribution >= 0.6 is 0 Å². The highest BCUT2D eigenvalue weighted by atomic mass is 16.3. The van der Waals surface area contributed by atoms with Crippen molar-refractivity contribution in [2.45, 2.75) is 20.4 Å². The minimum atomic E-state index is -0.883. The van der Waals surface area contributed by atoms with Crippen LogP contribution in [0.15, 0.2) is 53.3 Å². The van der Waals surface area contributed by atoms with Gasteiger partial charge in [-0.25, -0.2) is 0 Å².